The zero-order chi connectivity index (χ0) is 19.0. The van der Waals surface area contributed by atoms with Crippen LogP contribution in [0.3, 0.4) is 0 Å². The monoisotopic (exact) mass is 389 g/mol. The Hall–Kier alpha value is -1.90. The Morgan fingerprint density at radius 3 is 2.85 bits per heavy atom. The van der Waals surface area contributed by atoms with Gasteiger partial charge >= 0.3 is 0 Å². The normalized spacial score (nSPS) is 22.0. The van der Waals surface area contributed by atoms with Crippen LogP contribution in [0.1, 0.15) is 30.8 Å². The molecule has 1 unspecified atom stereocenters. The molecule has 0 bridgehead atoms. The first-order valence-corrected chi connectivity index (χ1v) is 11.0. The molecule has 2 aliphatic rings. The molecule has 3 heterocycles. The van der Waals surface area contributed by atoms with Crippen molar-refractivity contribution in [3.8, 4) is 0 Å². The summed E-state index contributed by atoms with van der Waals surface area (Å²) in [4.78, 5) is 12.3. The zero-order valence-corrected chi connectivity index (χ0v) is 16.7. The number of aromatic amines is 1. The van der Waals surface area contributed by atoms with Crippen molar-refractivity contribution >= 4 is 15.7 Å². The highest BCUT2D eigenvalue weighted by Crippen LogP contribution is 2.32. The van der Waals surface area contributed by atoms with Gasteiger partial charge in [0.15, 0.2) is 0 Å². The van der Waals surface area contributed by atoms with Crippen LogP contribution < -0.4 is 4.90 Å². The lowest BCUT2D eigenvalue weighted by Crippen LogP contribution is -2.50. The van der Waals surface area contributed by atoms with Crippen molar-refractivity contribution in [2.24, 2.45) is 0 Å². The molecular weight excluding hydrogens is 362 g/mol. The van der Waals surface area contributed by atoms with Gasteiger partial charge in [-0.15, -0.1) is 0 Å². The van der Waals surface area contributed by atoms with Gasteiger partial charge < -0.3 is 9.88 Å². The second-order valence-corrected chi connectivity index (χ2v) is 9.24. The van der Waals surface area contributed by atoms with Crippen molar-refractivity contribution < 1.29 is 8.42 Å². The molecule has 1 aromatic heterocycles. The van der Waals surface area contributed by atoms with E-state index in [1.54, 1.807) is 22.8 Å². The van der Waals surface area contributed by atoms with Gasteiger partial charge in [0, 0.05) is 51.3 Å². The predicted octanol–water partition coefficient (Wildman–Crippen LogP) is 1.86. The molecule has 0 saturated carbocycles. The summed E-state index contributed by atoms with van der Waals surface area (Å²) in [6.45, 7) is 5.54. The third kappa shape index (κ3) is 3.37. The number of H-pyrrole nitrogens is 1. The van der Waals surface area contributed by atoms with E-state index in [9.17, 15) is 8.42 Å². The lowest BCUT2D eigenvalue weighted by atomic mass is 10.0. The molecule has 1 atom stereocenters. The number of nitrogens with one attached hydrogen (secondary N) is 1. The van der Waals surface area contributed by atoms with E-state index < -0.39 is 10.0 Å². The summed E-state index contributed by atoms with van der Waals surface area (Å²) >= 11 is 0. The highest BCUT2D eigenvalue weighted by Gasteiger charge is 2.35. The SMILES string of the molecule is CCN1CCN(S(=O)(=O)c2ccc3c(c2)N(C)CCC3)CC1c1ncc[nH]1. The van der Waals surface area contributed by atoms with Gasteiger partial charge in [0.1, 0.15) is 5.82 Å². The minimum absolute atomic E-state index is 0.0474. The lowest BCUT2D eigenvalue weighted by Gasteiger charge is -2.39. The number of fused-ring (bicyclic) bond motifs is 1. The van der Waals surface area contributed by atoms with Crippen molar-refractivity contribution in [2.75, 3.05) is 44.7 Å². The molecule has 2 aromatic rings. The van der Waals surface area contributed by atoms with Crippen LogP contribution in [0.15, 0.2) is 35.5 Å². The first kappa shape index (κ1) is 18.5. The maximum absolute atomic E-state index is 13.3. The molecule has 2 aliphatic heterocycles. The fourth-order valence-corrected chi connectivity index (χ4v) is 5.62. The first-order chi connectivity index (χ1) is 13.0. The van der Waals surface area contributed by atoms with Crippen LogP contribution in [0, 0.1) is 0 Å². The molecule has 1 saturated heterocycles. The second-order valence-electron chi connectivity index (χ2n) is 7.30. The number of hydrogen-bond acceptors (Lipinski definition) is 5. The van der Waals surface area contributed by atoms with Crippen molar-refractivity contribution in [3.05, 3.63) is 42.0 Å². The zero-order valence-electron chi connectivity index (χ0n) is 15.9. The molecule has 146 valence electrons. The van der Waals surface area contributed by atoms with Gasteiger partial charge in [-0.05, 0) is 37.1 Å². The van der Waals surface area contributed by atoms with E-state index in [4.69, 9.17) is 0 Å². The Morgan fingerprint density at radius 2 is 2.11 bits per heavy atom. The molecular formula is C19H27N5O2S. The third-order valence-electron chi connectivity index (χ3n) is 5.74. The van der Waals surface area contributed by atoms with E-state index >= 15 is 0 Å². The van der Waals surface area contributed by atoms with Crippen LogP contribution in [0.25, 0.3) is 0 Å². The van der Waals surface area contributed by atoms with E-state index in [-0.39, 0.29) is 6.04 Å². The van der Waals surface area contributed by atoms with E-state index in [0.29, 0.717) is 24.5 Å². The maximum atomic E-state index is 13.3. The maximum Gasteiger partial charge on any atom is 0.243 e. The van der Waals surface area contributed by atoms with Crippen LogP contribution in [0.2, 0.25) is 0 Å². The summed E-state index contributed by atoms with van der Waals surface area (Å²) < 4.78 is 28.3. The molecule has 1 N–H and O–H groups in total. The highest BCUT2D eigenvalue weighted by molar-refractivity contribution is 7.89. The number of imidazole rings is 1. The molecule has 0 amide bonds. The van der Waals surface area contributed by atoms with Gasteiger partial charge in [-0.3, -0.25) is 4.90 Å². The second kappa shape index (κ2) is 7.26. The lowest BCUT2D eigenvalue weighted by molar-refractivity contribution is 0.119. The van der Waals surface area contributed by atoms with Crippen LogP contribution >= 0.6 is 0 Å². The highest BCUT2D eigenvalue weighted by atomic mass is 32.2. The first-order valence-electron chi connectivity index (χ1n) is 9.58. The molecule has 7 nitrogen and oxygen atoms in total. The number of benzene rings is 1. The number of likely N-dealkylation sites (N-methyl/N-ethyl adjacent to an activating group) is 1. The number of aryl methyl sites for hydroxylation is 1. The molecule has 8 heteroatoms. The largest absolute Gasteiger partial charge is 0.374 e. The topological polar surface area (TPSA) is 72.5 Å². The molecule has 0 radical (unpaired) electrons. The molecule has 1 aromatic carbocycles. The van der Waals surface area contributed by atoms with Gasteiger partial charge in [-0.25, -0.2) is 13.4 Å². The third-order valence-corrected chi connectivity index (χ3v) is 7.60. The van der Waals surface area contributed by atoms with Gasteiger partial charge in [0.05, 0.1) is 10.9 Å². The van der Waals surface area contributed by atoms with Gasteiger partial charge in [-0.2, -0.15) is 4.31 Å². The van der Waals surface area contributed by atoms with E-state index in [1.165, 1.54) is 5.56 Å². The number of anilines is 1. The summed E-state index contributed by atoms with van der Waals surface area (Å²) in [7, 11) is -1.51. The van der Waals surface area contributed by atoms with Crippen LogP contribution in [0.4, 0.5) is 5.69 Å². The van der Waals surface area contributed by atoms with Gasteiger partial charge in [-0.1, -0.05) is 13.0 Å². The number of piperazine rings is 1. The number of aromatic nitrogens is 2. The van der Waals surface area contributed by atoms with E-state index in [0.717, 1.165) is 37.4 Å². The fraction of sp³-hybridized carbons (Fsp3) is 0.526. The minimum atomic E-state index is -3.54. The number of rotatable bonds is 4. The molecule has 1 fully saturated rings. The Labute approximate surface area is 161 Å². The summed E-state index contributed by atoms with van der Waals surface area (Å²) in [5.74, 6) is 0.821. The standard InChI is InChI=1S/C19H27N5O2S/c1-3-23-11-12-24(14-18(23)19-20-8-9-21-19)27(25,26)16-7-6-15-5-4-10-22(2)17(15)13-16/h6-9,13,18H,3-5,10-12,14H2,1-2H3,(H,20,21). The van der Waals surface area contributed by atoms with Gasteiger partial charge in [0.2, 0.25) is 10.0 Å². The van der Waals surface area contributed by atoms with E-state index in [2.05, 4.69) is 26.7 Å². The Kier molecular flexibility index (Phi) is 4.96. The van der Waals surface area contributed by atoms with Crippen molar-refractivity contribution in [2.45, 2.75) is 30.7 Å². The summed E-state index contributed by atoms with van der Waals surface area (Å²) in [5.41, 5.74) is 2.27. The minimum Gasteiger partial charge on any atom is -0.374 e. The Morgan fingerprint density at radius 1 is 1.26 bits per heavy atom. The molecule has 0 spiro atoms. The average Bonchev–Trinajstić information content (AvgIpc) is 3.22. The van der Waals surface area contributed by atoms with Crippen molar-refractivity contribution in [1.29, 1.82) is 0 Å². The van der Waals surface area contributed by atoms with Crippen LogP contribution in [-0.2, 0) is 16.4 Å². The number of nitrogens with zero attached hydrogens (tertiary/aromatic N) is 4. The molecule has 27 heavy (non-hydrogen) atoms. The summed E-state index contributed by atoms with van der Waals surface area (Å²) in [5, 5.41) is 0. The van der Waals surface area contributed by atoms with E-state index in [1.807, 2.05) is 19.2 Å². The van der Waals surface area contributed by atoms with Crippen LogP contribution in [0.5, 0.6) is 0 Å². The average molecular weight is 390 g/mol. The fourth-order valence-electron chi connectivity index (χ4n) is 4.16. The summed E-state index contributed by atoms with van der Waals surface area (Å²) in [6.07, 6.45) is 5.63. The summed E-state index contributed by atoms with van der Waals surface area (Å²) in [6, 6.07) is 5.54. The number of hydrogen-bond donors (Lipinski definition) is 1. The smallest absolute Gasteiger partial charge is 0.243 e. The number of sulfonamides is 1. The quantitative estimate of drug-likeness (QED) is 0.864. The van der Waals surface area contributed by atoms with Gasteiger partial charge in [0.25, 0.3) is 0 Å². The predicted molar refractivity (Wildman–Crippen MR) is 105 cm³/mol. The molecule has 4 rings (SSSR count). The molecule has 0 aliphatic carbocycles. The Bertz CT molecular complexity index is 897. The van der Waals surface area contributed by atoms with Crippen molar-refractivity contribution in [1.82, 2.24) is 19.2 Å². The Balaban J connectivity index is 1.63. The van der Waals surface area contributed by atoms with Crippen LogP contribution in [-0.4, -0.2) is 67.4 Å². The van der Waals surface area contributed by atoms with Crippen molar-refractivity contribution in [3.63, 3.8) is 0 Å².